The molecule has 0 radical (unpaired) electrons. The van der Waals surface area contributed by atoms with E-state index in [0.29, 0.717) is 39.3 Å². The SMILES string of the molecule is CN(C)C(=O)COc1ccc([C@H]2NC(=O)N([C@@H](Cc3ccccc3)c3ncc(-c4ccc(Br)cc4F)[nH]3)C2=O)cc1. The highest BCUT2D eigenvalue weighted by Gasteiger charge is 2.44. The van der Waals surface area contributed by atoms with Crippen LogP contribution in [-0.4, -0.2) is 58.3 Å². The molecule has 41 heavy (non-hydrogen) atoms. The molecule has 0 aliphatic carbocycles. The summed E-state index contributed by atoms with van der Waals surface area (Å²) in [6.45, 7) is -0.115. The number of carbonyl (C=O) groups is 3. The molecule has 1 aromatic heterocycles. The van der Waals surface area contributed by atoms with Gasteiger partial charge < -0.3 is 19.9 Å². The van der Waals surface area contributed by atoms with Crippen molar-refractivity contribution in [2.45, 2.75) is 18.5 Å². The van der Waals surface area contributed by atoms with Crippen molar-refractivity contribution < 1.29 is 23.5 Å². The second-order valence-electron chi connectivity index (χ2n) is 9.75. The number of rotatable bonds is 9. The van der Waals surface area contributed by atoms with Gasteiger partial charge in [-0.05, 0) is 41.5 Å². The van der Waals surface area contributed by atoms with Crippen LogP contribution in [0, 0.1) is 5.82 Å². The van der Waals surface area contributed by atoms with Crippen molar-refractivity contribution in [1.82, 2.24) is 25.1 Å². The summed E-state index contributed by atoms with van der Waals surface area (Å²) in [4.78, 5) is 49.0. The molecule has 4 amide bonds. The summed E-state index contributed by atoms with van der Waals surface area (Å²) in [5, 5.41) is 2.77. The largest absolute Gasteiger partial charge is 0.484 e. The Morgan fingerprint density at radius 2 is 1.83 bits per heavy atom. The van der Waals surface area contributed by atoms with Gasteiger partial charge in [-0.1, -0.05) is 58.4 Å². The first-order chi connectivity index (χ1) is 19.7. The van der Waals surface area contributed by atoms with Crippen molar-refractivity contribution in [2.24, 2.45) is 0 Å². The average Bonchev–Trinajstić information content (AvgIpc) is 3.55. The van der Waals surface area contributed by atoms with Crippen LogP contribution in [0.2, 0.25) is 0 Å². The molecule has 0 saturated carbocycles. The van der Waals surface area contributed by atoms with Crippen LogP contribution >= 0.6 is 15.9 Å². The number of ether oxygens (including phenoxy) is 1. The maximum absolute atomic E-state index is 14.7. The lowest BCUT2D eigenvalue weighted by Crippen LogP contribution is -2.36. The number of nitrogens with one attached hydrogen (secondary N) is 2. The van der Waals surface area contributed by atoms with Crippen LogP contribution in [0.3, 0.4) is 0 Å². The normalized spacial score (nSPS) is 15.5. The van der Waals surface area contributed by atoms with E-state index in [-0.39, 0.29) is 12.5 Å². The highest BCUT2D eigenvalue weighted by atomic mass is 79.9. The van der Waals surface area contributed by atoms with E-state index in [1.54, 1.807) is 50.5 Å². The van der Waals surface area contributed by atoms with E-state index in [0.717, 1.165) is 5.56 Å². The van der Waals surface area contributed by atoms with Crippen molar-refractivity contribution in [3.63, 3.8) is 0 Å². The van der Waals surface area contributed by atoms with Gasteiger partial charge in [0.25, 0.3) is 11.8 Å². The Hall–Kier alpha value is -4.51. The van der Waals surface area contributed by atoms with Crippen molar-refractivity contribution in [1.29, 1.82) is 0 Å². The zero-order valence-corrected chi connectivity index (χ0v) is 23.9. The Bertz CT molecular complexity index is 1580. The molecule has 2 N–H and O–H groups in total. The van der Waals surface area contributed by atoms with Gasteiger partial charge in [-0.15, -0.1) is 0 Å². The first-order valence-corrected chi connectivity index (χ1v) is 13.6. The van der Waals surface area contributed by atoms with Crippen LogP contribution in [0.1, 0.15) is 29.0 Å². The summed E-state index contributed by atoms with van der Waals surface area (Å²) in [5.74, 6) is -0.258. The zero-order valence-electron chi connectivity index (χ0n) is 22.3. The number of aromatic nitrogens is 2. The number of amides is 4. The highest BCUT2D eigenvalue weighted by Crippen LogP contribution is 2.33. The third-order valence-corrected chi connectivity index (χ3v) is 7.25. The molecule has 0 unspecified atom stereocenters. The number of imide groups is 1. The van der Waals surface area contributed by atoms with Crippen LogP contribution < -0.4 is 10.1 Å². The van der Waals surface area contributed by atoms with Gasteiger partial charge in [0, 0.05) is 30.6 Å². The van der Waals surface area contributed by atoms with Crippen LogP contribution in [0.4, 0.5) is 9.18 Å². The lowest BCUT2D eigenvalue weighted by molar-refractivity contribution is -0.131. The van der Waals surface area contributed by atoms with Gasteiger partial charge in [-0.3, -0.25) is 14.5 Å². The Morgan fingerprint density at radius 3 is 2.51 bits per heavy atom. The predicted molar refractivity (Wildman–Crippen MR) is 153 cm³/mol. The monoisotopic (exact) mass is 619 g/mol. The van der Waals surface area contributed by atoms with E-state index in [4.69, 9.17) is 4.74 Å². The van der Waals surface area contributed by atoms with Crippen LogP contribution in [0.25, 0.3) is 11.3 Å². The predicted octanol–water partition coefficient (Wildman–Crippen LogP) is 5.02. The number of halogens is 2. The van der Waals surface area contributed by atoms with E-state index in [1.807, 2.05) is 30.3 Å². The van der Waals surface area contributed by atoms with Gasteiger partial charge in [0.05, 0.1) is 11.9 Å². The van der Waals surface area contributed by atoms with Crippen molar-refractivity contribution in [2.75, 3.05) is 20.7 Å². The lowest BCUT2D eigenvalue weighted by atomic mass is 10.0. The molecular weight excluding hydrogens is 593 g/mol. The van der Waals surface area contributed by atoms with Crippen molar-refractivity contribution in [3.05, 3.63) is 106 Å². The molecule has 11 heteroatoms. The van der Waals surface area contributed by atoms with Crippen LogP contribution in [0.15, 0.2) is 83.5 Å². The molecule has 9 nitrogen and oxygen atoms in total. The molecule has 5 rings (SSSR count). The first kappa shape index (κ1) is 28.0. The zero-order chi connectivity index (χ0) is 29.1. The summed E-state index contributed by atoms with van der Waals surface area (Å²) in [7, 11) is 3.28. The minimum atomic E-state index is -0.920. The minimum absolute atomic E-state index is 0.115. The molecular formula is C30H27BrFN5O4. The maximum atomic E-state index is 14.7. The van der Waals surface area contributed by atoms with Gasteiger partial charge in [0.2, 0.25) is 0 Å². The number of nitrogens with zero attached hydrogens (tertiary/aromatic N) is 3. The molecule has 1 aliphatic heterocycles. The summed E-state index contributed by atoms with van der Waals surface area (Å²) in [5.41, 5.74) is 2.20. The van der Waals surface area contributed by atoms with Crippen molar-refractivity contribution in [3.8, 4) is 17.0 Å². The summed E-state index contributed by atoms with van der Waals surface area (Å²) < 4.78 is 20.8. The van der Waals surface area contributed by atoms with E-state index in [9.17, 15) is 18.8 Å². The molecule has 3 aromatic carbocycles. The number of likely N-dealkylation sites (N-methyl/N-ethyl adjacent to an activating group) is 1. The molecule has 0 bridgehead atoms. The van der Waals surface area contributed by atoms with Crippen LogP contribution in [-0.2, 0) is 16.0 Å². The quantitative estimate of drug-likeness (QED) is 0.256. The third kappa shape index (κ3) is 6.14. The number of hydrogen-bond donors (Lipinski definition) is 2. The van der Waals surface area contributed by atoms with Gasteiger partial charge in [-0.25, -0.2) is 14.2 Å². The number of aromatic amines is 1. The first-order valence-electron chi connectivity index (χ1n) is 12.8. The second kappa shape index (κ2) is 11.9. The van der Waals surface area contributed by atoms with E-state index in [1.165, 1.54) is 22.1 Å². The highest BCUT2D eigenvalue weighted by molar-refractivity contribution is 9.10. The topological polar surface area (TPSA) is 108 Å². The average molecular weight is 620 g/mol. The van der Waals surface area contributed by atoms with Gasteiger partial charge in [0.15, 0.2) is 6.61 Å². The minimum Gasteiger partial charge on any atom is -0.484 e. The number of benzene rings is 3. The molecule has 1 aliphatic rings. The fourth-order valence-corrected chi connectivity index (χ4v) is 4.88. The van der Waals surface area contributed by atoms with E-state index < -0.39 is 29.8 Å². The molecule has 2 heterocycles. The number of imidazole rings is 1. The Morgan fingerprint density at radius 1 is 1.10 bits per heavy atom. The molecule has 210 valence electrons. The van der Waals surface area contributed by atoms with Gasteiger partial charge >= 0.3 is 6.03 Å². The maximum Gasteiger partial charge on any atom is 0.325 e. The molecule has 2 atom stereocenters. The number of H-pyrrole nitrogens is 1. The Kier molecular flexibility index (Phi) is 8.16. The fourth-order valence-electron chi connectivity index (χ4n) is 4.54. The number of urea groups is 1. The number of hydrogen-bond acceptors (Lipinski definition) is 5. The fraction of sp³-hybridized carbons (Fsp3) is 0.200. The standard InChI is InChI=1S/C30H27BrFN5O4/c1-36(2)26(38)17-41-21-11-8-19(9-12-21)27-29(39)37(30(40)35-27)25(14-18-6-4-3-5-7-18)28-33-16-24(34-28)22-13-10-20(31)15-23(22)32/h3-13,15-16,25,27H,14,17H2,1-2H3,(H,33,34)(H,35,40)/t25-,27+/m0/s1. The van der Waals surface area contributed by atoms with E-state index >= 15 is 0 Å². The third-order valence-electron chi connectivity index (χ3n) is 6.76. The molecule has 4 aromatic rings. The van der Waals surface area contributed by atoms with Gasteiger partial charge in [-0.2, -0.15) is 0 Å². The van der Waals surface area contributed by atoms with Gasteiger partial charge in [0.1, 0.15) is 29.5 Å². The lowest BCUT2D eigenvalue weighted by Gasteiger charge is -2.24. The smallest absolute Gasteiger partial charge is 0.325 e. The summed E-state index contributed by atoms with van der Waals surface area (Å²) >= 11 is 3.26. The summed E-state index contributed by atoms with van der Waals surface area (Å²) in [6.07, 6.45) is 1.80. The summed E-state index contributed by atoms with van der Waals surface area (Å²) in [6, 6.07) is 18.5. The van der Waals surface area contributed by atoms with E-state index in [2.05, 4.69) is 31.2 Å². The number of carbonyl (C=O) groups excluding carboxylic acids is 3. The molecule has 1 saturated heterocycles. The molecule has 0 spiro atoms. The Labute approximate surface area is 244 Å². The second-order valence-corrected chi connectivity index (χ2v) is 10.7. The van der Waals surface area contributed by atoms with Crippen molar-refractivity contribution >= 4 is 33.8 Å². The molecule has 1 fully saturated rings. The van der Waals surface area contributed by atoms with Crippen LogP contribution in [0.5, 0.6) is 5.75 Å². The Balaban J connectivity index is 1.41.